The largest absolute Gasteiger partial charge is 0.493 e. The van der Waals surface area contributed by atoms with Crippen LogP contribution in [0.2, 0.25) is 5.02 Å². The van der Waals surface area contributed by atoms with Crippen molar-refractivity contribution >= 4 is 28.7 Å². The second-order valence-corrected chi connectivity index (χ2v) is 7.63. The van der Waals surface area contributed by atoms with E-state index in [-0.39, 0.29) is 0 Å². The van der Waals surface area contributed by atoms with Gasteiger partial charge < -0.3 is 14.0 Å². The number of rotatable bonds is 8. The number of imidazole rings is 1. The molecule has 0 radical (unpaired) electrons. The summed E-state index contributed by atoms with van der Waals surface area (Å²) in [5, 5.41) is 0.702. The second kappa shape index (κ2) is 9.71. The van der Waals surface area contributed by atoms with E-state index in [0.717, 1.165) is 52.4 Å². The monoisotopic (exact) mass is 432 g/mol. The van der Waals surface area contributed by atoms with E-state index in [2.05, 4.69) is 10.6 Å². The van der Waals surface area contributed by atoms with Crippen molar-refractivity contribution in [3.05, 3.63) is 83.4 Å². The molecule has 5 heteroatoms. The van der Waals surface area contributed by atoms with Gasteiger partial charge in [0.1, 0.15) is 5.82 Å². The van der Waals surface area contributed by atoms with Crippen molar-refractivity contribution in [1.82, 2.24) is 9.55 Å². The van der Waals surface area contributed by atoms with Gasteiger partial charge in [0.05, 0.1) is 24.8 Å². The first kappa shape index (κ1) is 21.0. The molecule has 31 heavy (non-hydrogen) atoms. The quantitative estimate of drug-likeness (QED) is 0.285. The molecule has 0 atom stereocenters. The van der Waals surface area contributed by atoms with Gasteiger partial charge in [-0.15, -0.1) is 0 Å². The predicted octanol–water partition coefficient (Wildman–Crippen LogP) is 6.87. The number of hydrogen-bond acceptors (Lipinski definition) is 3. The Bertz CT molecular complexity index is 1210. The topological polar surface area (TPSA) is 36.3 Å². The summed E-state index contributed by atoms with van der Waals surface area (Å²) in [6.07, 6.45) is 4.86. The van der Waals surface area contributed by atoms with E-state index in [1.165, 1.54) is 0 Å². The zero-order valence-corrected chi connectivity index (χ0v) is 18.5. The van der Waals surface area contributed by atoms with Gasteiger partial charge in [-0.05, 0) is 55.3 Å². The first-order valence-corrected chi connectivity index (χ1v) is 10.7. The third kappa shape index (κ3) is 4.75. The minimum absolute atomic E-state index is 0.570. The van der Waals surface area contributed by atoms with Crippen molar-refractivity contribution in [2.75, 3.05) is 13.7 Å². The molecule has 4 aromatic rings. The van der Waals surface area contributed by atoms with Crippen molar-refractivity contribution in [2.24, 2.45) is 0 Å². The third-order valence-corrected chi connectivity index (χ3v) is 5.30. The minimum atomic E-state index is 0.570. The van der Waals surface area contributed by atoms with Crippen LogP contribution < -0.4 is 9.47 Å². The zero-order chi connectivity index (χ0) is 21.6. The van der Waals surface area contributed by atoms with Crippen molar-refractivity contribution in [1.29, 1.82) is 0 Å². The number of fused-ring (bicyclic) bond motifs is 1. The molecule has 1 heterocycles. The van der Waals surface area contributed by atoms with Crippen LogP contribution in [-0.4, -0.2) is 23.3 Å². The molecule has 4 rings (SSSR count). The van der Waals surface area contributed by atoms with E-state index in [1.807, 2.05) is 79.7 Å². The van der Waals surface area contributed by atoms with E-state index in [1.54, 1.807) is 7.11 Å². The Morgan fingerprint density at radius 1 is 1.00 bits per heavy atom. The lowest BCUT2D eigenvalue weighted by Gasteiger charge is -2.13. The maximum Gasteiger partial charge on any atom is 0.161 e. The third-order valence-electron chi connectivity index (χ3n) is 5.07. The van der Waals surface area contributed by atoms with E-state index in [0.29, 0.717) is 11.6 Å². The molecule has 0 fully saturated rings. The van der Waals surface area contributed by atoms with Gasteiger partial charge >= 0.3 is 0 Å². The smallest absolute Gasteiger partial charge is 0.161 e. The van der Waals surface area contributed by atoms with Gasteiger partial charge in [-0.25, -0.2) is 4.98 Å². The van der Waals surface area contributed by atoms with Gasteiger partial charge in [0.15, 0.2) is 11.5 Å². The Morgan fingerprint density at radius 2 is 1.87 bits per heavy atom. The molecule has 0 spiro atoms. The SMILES string of the molecule is C/C=C/c1ccc(OCCCn2c(-c3cccc(Cl)c3)nc3ccccc32)c(OC)c1. The number of hydrogen-bond donors (Lipinski definition) is 0. The molecule has 0 aliphatic heterocycles. The van der Waals surface area contributed by atoms with Crippen LogP contribution in [-0.2, 0) is 6.54 Å². The molecule has 158 valence electrons. The minimum Gasteiger partial charge on any atom is -0.493 e. The Hall–Kier alpha value is -3.24. The number of nitrogens with zero attached hydrogens (tertiary/aromatic N) is 2. The van der Waals surface area contributed by atoms with E-state index < -0.39 is 0 Å². The summed E-state index contributed by atoms with van der Waals surface area (Å²) in [7, 11) is 1.66. The number of aromatic nitrogens is 2. The number of methoxy groups -OCH3 is 1. The highest BCUT2D eigenvalue weighted by Crippen LogP contribution is 2.30. The van der Waals surface area contributed by atoms with Gasteiger partial charge in [-0.3, -0.25) is 0 Å². The van der Waals surface area contributed by atoms with Crippen LogP contribution in [0.25, 0.3) is 28.5 Å². The summed E-state index contributed by atoms with van der Waals surface area (Å²) in [6.45, 7) is 3.34. The van der Waals surface area contributed by atoms with Crippen molar-refractivity contribution in [3.63, 3.8) is 0 Å². The molecule has 3 aromatic carbocycles. The Labute approximate surface area is 187 Å². The average molecular weight is 433 g/mol. The fourth-order valence-corrected chi connectivity index (χ4v) is 3.84. The van der Waals surface area contributed by atoms with Crippen molar-refractivity contribution in [2.45, 2.75) is 19.9 Å². The maximum absolute atomic E-state index is 6.23. The number of benzene rings is 3. The molecule has 0 N–H and O–H groups in total. The zero-order valence-electron chi connectivity index (χ0n) is 17.7. The lowest BCUT2D eigenvalue weighted by atomic mass is 10.2. The standard InChI is InChI=1S/C26H25ClN2O2/c1-3-8-19-13-14-24(25(17-19)30-2)31-16-7-15-29-23-12-5-4-11-22(23)28-26(29)20-9-6-10-21(27)18-20/h3-6,8-14,17-18H,7,15-16H2,1-2H3/b8-3+. The highest BCUT2D eigenvalue weighted by atomic mass is 35.5. The van der Waals surface area contributed by atoms with Gasteiger partial charge in [-0.2, -0.15) is 0 Å². The van der Waals surface area contributed by atoms with Gasteiger partial charge in [0.25, 0.3) is 0 Å². The number of ether oxygens (including phenoxy) is 2. The van der Waals surface area contributed by atoms with E-state index in [4.69, 9.17) is 26.1 Å². The molecule has 1 aromatic heterocycles. The van der Waals surface area contributed by atoms with Crippen LogP contribution in [0.1, 0.15) is 18.9 Å². The molecule has 0 saturated heterocycles. The fraction of sp³-hybridized carbons (Fsp3) is 0.192. The molecule has 0 aliphatic carbocycles. The van der Waals surface area contributed by atoms with Crippen LogP contribution in [0.15, 0.2) is 72.8 Å². The summed E-state index contributed by atoms with van der Waals surface area (Å²) in [5.41, 5.74) is 4.17. The highest BCUT2D eigenvalue weighted by Gasteiger charge is 2.13. The molecular formula is C26H25ClN2O2. The summed E-state index contributed by atoms with van der Waals surface area (Å²) in [5.74, 6) is 2.40. The van der Waals surface area contributed by atoms with Crippen LogP contribution in [0.5, 0.6) is 11.5 Å². The molecule has 4 nitrogen and oxygen atoms in total. The molecule has 0 unspecified atom stereocenters. The first-order valence-electron chi connectivity index (χ1n) is 10.3. The normalized spacial score (nSPS) is 11.3. The maximum atomic E-state index is 6.23. The lowest BCUT2D eigenvalue weighted by Crippen LogP contribution is -2.06. The van der Waals surface area contributed by atoms with Gasteiger partial charge in [-0.1, -0.05) is 54.1 Å². The van der Waals surface area contributed by atoms with Gasteiger partial charge in [0, 0.05) is 17.1 Å². The fourth-order valence-electron chi connectivity index (χ4n) is 3.65. The Morgan fingerprint density at radius 3 is 2.68 bits per heavy atom. The summed E-state index contributed by atoms with van der Waals surface area (Å²) in [4.78, 5) is 4.85. The molecule has 0 amide bonds. The number of allylic oxidation sites excluding steroid dienone is 1. The Kier molecular flexibility index (Phi) is 6.58. The number of para-hydroxylation sites is 2. The summed E-state index contributed by atoms with van der Waals surface area (Å²) >= 11 is 6.23. The Balaban J connectivity index is 1.51. The van der Waals surface area contributed by atoms with Crippen LogP contribution in [0, 0.1) is 0 Å². The van der Waals surface area contributed by atoms with E-state index in [9.17, 15) is 0 Å². The van der Waals surface area contributed by atoms with Gasteiger partial charge in [0.2, 0.25) is 0 Å². The van der Waals surface area contributed by atoms with Crippen LogP contribution >= 0.6 is 11.6 Å². The molecule has 0 aliphatic rings. The number of aryl methyl sites for hydroxylation is 1. The van der Waals surface area contributed by atoms with Crippen LogP contribution in [0.4, 0.5) is 0 Å². The summed E-state index contributed by atoms with van der Waals surface area (Å²) < 4.78 is 13.8. The lowest BCUT2D eigenvalue weighted by molar-refractivity contribution is 0.283. The number of halogens is 1. The molecular weight excluding hydrogens is 408 g/mol. The average Bonchev–Trinajstić information content (AvgIpc) is 3.16. The second-order valence-electron chi connectivity index (χ2n) is 7.20. The van der Waals surface area contributed by atoms with Crippen molar-refractivity contribution < 1.29 is 9.47 Å². The predicted molar refractivity (Wildman–Crippen MR) is 128 cm³/mol. The van der Waals surface area contributed by atoms with E-state index >= 15 is 0 Å². The van der Waals surface area contributed by atoms with Crippen molar-refractivity contribution in [3.8, 4) is 22.9 Å². The summed E-state index contributed by atoms with van der Waals surface area (Å²) in [6, 6.07) is 22.0. The molecule has 0 bridgehead atoms. The molecule has 0 saturated carbocycles. The highest BCUT2D eigenvalue weighted by molar-refractivity contribution is 6.30. The first-order chi connectivity index (χ1) is 15.2. The van der Waals surface area contributed by atoms with Crippen LogP contribution in [0.3, 0.4) is 0 Å².